The predicted molar refractivity (Wildman–Crippen MR) is 56.3 cm³/mol. The molecule has 0 saturated heterocycles. The summed E-state index contributed by atoms with van der Waals surface area (Å²) in [7, 11) is 0. The van der Waals surface area contributed by atoms with Crippen molar-refractivity contribution in [1.82, 2.24) is 0 Å². The fourth-order valence-electron chi connectivity index (χ4n) is 1.48. The molecule has 1 aromatic rings. The minimum absolute atomic E-state index is 0.0384. The molecule has 14 heavy (non-hydrogen) atoms. The Morgan fingerprint density at radius 1 is 1.43 bits per heavy atom. The smallest absolute Gasteiger partial charge is 0.274 e. The number of hydrogen-bond donors (Lipinski definition) is 2. The topological polar surface area (TPSA) is 53.0 Å². The average molecular weight is 209 g/mol. The Kier molecular flexibility index (Phi) is 2.25. The van der Waals surface area contributed by atoms with Gasteiger partial charge in [0.05, 0.1) is 5.69 Å². The molecule has 0 atom stereocenters. The van der Waals surface area contributed by atoms with Gasteiger partial charge in [-0.3, -0.25) is 10.2 Å². The molecular weight excluding hydrogens is 200 g/mol. The zero-order chi connectivity index (χ0) is 10.1. The molecule has 0 aromatic heterocycles. The summed E-state index contributed by atoms with van der Waals surface area (Å²) in [4.78, 5) is 11.1. The van der Waals surface area contributed by atoms with Crippen molar-refractivity contribution < 1.29 is 4.79 Å². The first kappa shape index (κ1) is 9.21. The molecular formula is C10H9ClN2O. The highest BCUT2D eigenvalue weighted by atomic mass is 35.5. The van der Waals surface area contributed by atoms with Gasteiger partial charge in [-0.05, 0) is 24.1 Å². The van der Waals surface area contributed by atoms with Crippen LogP contribution in [0.1, 0.15) is 11.1 Å². The largest absolute Gasteiger partial charge is 0.320 e. The van der Waals surface area contributed by atoms with Crippen LogP contribution in [0.2, 0.25) is 0 Å². The number of nitrogens with one attached hydrogen (secondary N) is 2. The summed E-state index contributed by atoms with van der Waals surface area (Å²) < 4.78 is 0. The van der Waals surface area contributed by atoms with Crippen LogP contribution in [0.3, 0.4) is 0 Å². The Morgan fingerprint density at radius 2 is 2.21 bits per heavy atom. The summed E-state index contributed by atoms with van der Waals surface area (Å²) in [6, 6.07) is 5.58. The third kappa shape index (κ3) is 1.40. The van der Waals surface area contributed by atoms with Crippen LogP contribution < -0.4 is 5.32 Å². The second-order valence-electron chi connectivity index (χ2n) is 3.15. The Hall–Kier alpha value is -1.35. The van der Waals surface area contributed by atoms with E-state index in [1.165, 1.54) is 0 Å². The van der Waals surface area contributed by atoms with Crippen molar-refractivity contribution in [2.75, 3.05) is 11.2 Å². The van der Waals surface area contributed by atoms with E-state index in [1.807, 2.05) is 18.2 Å². The Balaban J connectivity index is 2.41. The number of carbonyl (C=O) groups is 1. The molecule has 2 rings (SSSR count). The molecule has 1 aliphatic heterocycles. The van der Waals surface area contributed by atoms with Crippen molar-refractivity contribution in [2.24, 2.45) is 0 Å². The van der Waals surface area contributed by atoms with Crippen LogP contribution in [0, 0.1) is 5.41 Å². The van der Waals surface area contributed by atoms with E-state index in [0.717, 1.165) is 17.7 Å². The lowest BCUT2D eigenvalue weighted by Crippen LogP contribution is -2.12. The molecule has 3 nitrogen and oxygen atoms in total. The highest BCUT2D eigenvalue weighted by molar-refractivity contribution is 6.52. The second-order valence-corrected chi connectivity index (χ2v) is 3.53. The van der Waals surface area contributed by atoms with Gasteiger partial charge in [-0.1, -0.05) is 6.07 Å². The molecule has 72 valence electrons. The lowest BCUT2D eigenvalue weighted by molar-refractivity contribution is -0.110. The van der Waals surface area contributed by atoms with Crippen molar-refractivity contribution in [3.05, 3.63) is 29.3 Å². The van der Waals surface area contributed by atoms with Crippen LogP contribution in [0.5, 0.6) is 0 Å². The van der Waals surface area contributed by atoms with Crippen LogP contribution >= 0.6 is 11.6 Å². The molecule has 0 fully saturated rings. The minimum atomic E-state index is -0.331. The fraction of sp³-hybridized carbons (Fsp3) is 0.200. The quantitative estimate of drug-likeness (QED) is 0.716. The summed E-state index contributed by atoms with van der Waals surface area (Å²) in [5.74, 6) is 0.219. The molecule has 2 N–H and O–H groups in total. The lowest BCUT2D eigenvalue weighted by atomic mass is 10.1. The van der Waals surface area contributed by atoms with Crippen molar-refractivity contribution in [2.45, 2.75) is 6.42 Å². The first-order valence-corrected chi connectivity index (χ1v) is 4.85. The van der Waals surface area contributed by atoms with Gasteiger partial charge in [0.1, 0.15) is 5.71 Å². The van der Waals surface area contributed by atoms with Crippen LogP contribution in [0.4, 0.5) is 5.69 Å². The number of anilines is 1. The number of hydrogen-bond acceptors (Lipinski definition) is 2. The van der Waals surface area contributed by atoms with Crippen LogP contribution in [-0.4, -0.2) is 17.5 Å². The molecule has 0 unspecified atom stereocenters. The van der Waals surface area contributed by atoms with Gasteiger partial charge < -0.3 is 5.32 Å². The Labute approximate surface area is 86.6 Å². The van der Waals surface area contributed by atoms with Gasteiger partial charge in [0.2, 0.25) is 0 Å². The SMILES string of the molecule is N=C1C(=O)Nc2ccc(CCCl)cc21. The number of aryl methyl sites for hydroxylation is 1. The van der Waals surface area contributed by atoms with E-state index in [0.29, 0.717) is 11.4 Å². The van der Waals surface area contributed by atoms with Crippen LogP contribution in [0.15, 0.2) is 18.2 Å². The highest BCUT2D eigenvalue weighted by Gasteiger charge is 2.23. The number of rotatable bonds is 2. The molecule has 1 amide bonds. The van der Waals surface area contributed by atoms with Crippen molar-refractivity contribution >= 4 is 28.9 Å². The van der Waals surface area contributed by atoms with Crippen molar-refractivity contribution in [3.8, 4) is 0 Å². The Bertz CT molecular complexity index is 415. The maximum absolute atomic E-state index is 11.1. The normalized spacial score (nSPS) is 14.1. The third-order valence-electron chi connectivity index (χ3n) is 2.21. The average Bonchev–Trinajstić information content (AvgIpc) is 2.45. The number of halogens is 1. The van der Waals surface area contributed by atoms with E-state index in [4.69, 9.17) is 17.0 Å². The third-order valence-corrected chi connectivity index (χ3v) is 2.40. The summed E-state index contributed by atoms with van der Waals surface area (Å²) in [5.41, 5.74) is 2.49. The number of fused-ring (bicyclic) bond motifs is 1. The number of alkyl halides is 1. The second kappa shape index (κ2) is 3.42. The van der Waals surface area contributed by atoms with Crippen molar-refractivity contribution in [3.63, 3.8) is 0 Å². The van der Waals surface area contributed by atoms with Crippen molar-refractivity contribution in [1.29, 1.82) is 5.41 Å². The van der Waals surface area contributed by atoms with E-state index in [-0.39, 0.29) is 11.6 Å². The molecule has 1 heterocycles. The van der Waals surface area contributed by atoms with Gasteiger partial charge in [0.25, 0.3) is 5.91 Å². The minimum Gasteiger partial charge on any atom is -0.320 e. The number of amides is 1. The van der Waals surface area contributed by atoms with E-state index in [2.05, 4.69) is 5.32 Å². The fourth-order valence-corrected chi connectivity index (χ4v) is 1.70. The monoisotopic (exact) mass is 208 g/mol. The maximum Gasteiger partial charge on any atom is 0.274 e. The lowest BCUT2D eigenvalue weighted by Gasteiger charge is -2.01. The molecule has 1 aliphatic rings. The van der Waals surface area contributed by atoms with E-state index >= 15 is 0 Å². The number of benzene rings is 1. The maximum atomic E-state index is 11.1. The zero-order valence-electron chi connectivity index (χ0n) is 7.43. The zero-order valence-corrected chi connectivity index (χ0v) is 8.19. The first-order chi connectivity index (χ1) is 6.72. The summed E-state index contributed by atoms with van der Waals surface area (Å²) in [6.45, 7) is 0. The van der Waals surface area contributed by atoms with Gasteiger partial charge in [-0.2, -0.15) is 0 Å². The molecule has 0 bridgehead atoms. The van der Waals surface area contributed by atoms with E-state index in [9.17, 15) is 4.79 Å². The standard InChI is InChI=1S/C10H9ClN2O/c11-4-3-6-1-2-8-7(5-6)9(12)10(14)13-8/h1-2,5H,3-4H2,(H2,12,13,14). The molecule has 4 heteroatoms. The molecule has 0 spiro atoms. The van der Waals surface area contributed by atoms with Crippen LogP contribution in [0.25, 0.3) is 0 Å². The van der Waals surface area contributed by atoms with Gasteiger partial charge in [0.15, 0.2) is 0 Å². The van der Waals surface area contributed by atoms with Gasteiger partial charge in [-0.25, -0.2) is 0 Å². The van der Waals surface area contributed by atoms with E-state index < -0.39 is 0 Å². The summed E-state index contributed by atoms with van der Waals surface area (Å²) >= 11 is 5.62. The van der Waals surface area contributed by atoms with Gasteiger partial charge in [-0.15, -0.1) is 11.6 Å². The van der Waals surface area contributed by atoms with E-state index in [1.54, 1.807) is 0 Å². The highest BCUT2D eigenvalue weighted by Crippen LogP contribution is 2.24. The molecule has 0 aliphatic carbocycles. The van der Waals surface area contributed by atoms with Gasteiger partial charge in [0, 0.05) is 11.4 Å². The van der Waals surface area contributed by atoms with Gasteiger partial charge >= 0.3 is 0 Å². The molecule has 0 radical (unpaired) electrons. The summed E-state index contributed by atoms with van der Waals surface area (Å²) in [6.07, 6.45) is 0.760. The predicted octanol–water partition coefficient (Wildman–Crippen LogP) is 1.79. The first-order valence-electron chi connectivity index (χ1n) is 4.31. The molecule has 0 saturated carbocycles. The van der Waals surface area contributed by atoms with Crippen LogP contribution in [-0.2, 0) is 11.2 Å². The molecule has 1 aromatic carbocycles. The summed E-state index contributed by atoms with van der Waals surface area (Å²) in [5, 5.41) is 10.1. The number of carbonyl (C=O) groups excluding carboxylic acids is 1. The Morgan fingerprint density at radius 3 is 2.93 bits per heavy atom.